The van der Waals surface area contributed by atoms with Crippen molar-refractivity contribution in [2.75, 3.05) is 12.3 Å². The van der Waals surface area contributed by atoms with Crippen LogP contribution in [-0.4, -0.2) is 11.7 Å². The van der Waals surface area contributed by atoms with Gasteiger partial charge in [-0.2, -0.15) is 0 Å². The second-order valence-electron chi connectivity index (χ2n) is 2.95. The number of nitrogen functional groups attached to an aromatic ring is 1. The van der Waals surface area contributed by atoms with Crippen LogP contribution in [0.1, 0.15) is 18.1 Å². The van der Waals surface area contributed by atoms with E-state index >= 15 is 0 Å². The molecule has 0 aromatic heterocycles. The lowest BCUT2D eigenvalue weighted by molar-refractivity contribution is 0.115. The first-order valence-corrected chi connectivity index (χ1v) is 3.97. The number of hydrogen-bond donors (Lipinski definition) is 2. The molecule has 0 aliphatic carbocycles. The van der Waals surface area contributed by atoms with E-state index in [9.17, 15) is 5.11 Å². The standard InChI is InChI=1S/C9H11NO2/c10-6-1-2-7-8(11)3-4-12-9(7)5-6/h1-2,5,8,11H,3-4,10H2. The average Bonchev–Trinajstić information content (AvgIpc) is 2.04. The molecule has 0 saturated carbocycles. The summed E-state index contributed by atoms with van der Waals surface area (Å²) in [5.41, 5.74) is 7.08. The van der Waals surface area contributed by atoms with E-state index in [0.717, 1.165) is 5.56 Å². The number of ether oxygens (including phenoxy) is 1. The maximum absolute atomic E-state index is 9.53. The fraction of sp³-hybridized carbons (Fsp3) is 0.333. The molecule has 3 nitrogen and oxygen atoms in total. The molecule has 0 saturated heterocycles. The fourth-order valence-electron chi connectivity index (χ4n) is 1.39. The molecule has 1 aliphatic heterocycles. The number of benzene rings is 1. The Morgan fingerprint density at radius 2 is 2.33 bits per heavy atom. The van der Waals surface area contributed by atoms with Crippen LogP contribution in [0.4, 0.5) is 5.69 Å². The summed E-state index contributed by atoms with van der Waals surface area (Å²) in [5, 5.41) is 9.53. The van der Waals surface area contributed by atoms with Gasteiger partial charge < -0.3 is 15.6 Å². The molecule has 0 radical (unpaired) electrons. The van der Waals surface area contributed by atoms with Crippen molar-refractivity contribution in [3.05, 3.63) is 23.8 Å². The molecular weight excluding hydrogens is 154 g/mol. The number of fused-ring (bicyclic) bond motifs is 1. The zero-order valence-corrected chi connectivity index (χ0v) is 6.66. The zero-order chi connectivity index (χ0) is 8.55. The van der Waals surface area contributed by atoms with Gasteiger partial charge in [-0.05, 0) is 6.07 Å². The first-order valence-electron chi connectivity index (χ1n) is 3.97. The second-order valence-corrected chi connectivity index (χ2v) is 2.95. The van der Waals surface area contributed by atoms with Crippen molar-refractivity contribution >= 4 is 5.69 Å². The number of hydrogen-bond acceptors (Lipinski definition) is 3. The van der Waals surface area contributed by atoms with Gasteiger partial charge in [-0.3, -0.25) is 0 Å². The quantitative estimate of drug-likeness (QED) is 0.566. The number of aliphatic hydroxyl groups is 1. The van der Waals surface area contributed by atoms with Crippen LogP contribution in [0.5, 0.6) is 5.75 Å². The monoisotopic (exact) mass is 165 g/mol. The topological polar surface area (TPSA) is 55.5 Å². The molecule has 2 rings (SSSR count). The summed E-state index contributed by atoms with van der Waals surface area (Å²) in [6.07, 6.45) is 0.269. The summed E-state index contributed by atoms with van der Waals surface area (Å²) in [6, 6.07) is 5.34. The predicted octanol–water partition coefficient (Wildman–Crippen LogP) is 1.08. The third-order valence-corrected chi connectivity index (χ3v) is 2.05. The van der Waals surface area contributed by atoms with Crippen molar-refractivity contribution in [2.24, 2.45) is 0 Å². The van der Waals surface area contributed by atoms with Gasteiger partial charge in [0.1, 0.15) is 5.75 Å². The van der Waals surface area contributed by atoms with Crippen LogP contribution in [0.2, 0.25) is 0 Å². The second kappa shape index (κ2) is 2.68. The SMILES string of the molecule is Nc1ccc2c(c1)OCCC2O. The van der Waals surface area contributed by atoms with E-state index in [1.807, 2.05) is 6.07 Å². The van der Waals surface area contributed by atoms with Crippen molar-refractivity contribution in [3.8, 4) is 5.75 Å². The largest absolute Gasteiger partial charge is 0.493 e. The Kier molecular flexibility index (Phi) is 1.66. The van der Waals surface area contributed by atoms with E-state index in [-0.39, 0.29) is 0 Å². The molecule has 1 unspecified atom stereocenters. The van der Waals surface area contributed by atoms with Gasteiger partial charge >= 0.3 is 0 Å². The minimum Gasteiger partial charge on any atom is -0.493 e. The van der Waals surface area contributed by atoms with Gasteiger partial charge in [-0.25, -0.2) is 0 Å². The van der Waals surface area contributed by atoms with Gasteiger partial charge in [0, 0.05) is 23.7 Å². The smallest absolute Gasteiger partial charge is 0.127 e. The highest BCUT2D eigenvalue weighted by atomic mass is 16.5. The minimum absolute atomic E-state index is 0.394. The molecule has 3 heteroatoms. The third-order valence-electron chi connectivity index (χ3n) is 2.05. The molecule has 1 aromatic rings. The first-order chi connectivity index (χ1) is 5.77. The Balaban J connectivity index is 2.46. The third kappa shape index (κ3) is 1.12. The molecule has 1 atom stereocenters. The highest BCUT2D eigenvalue weighted by molar-refractivity contribution is 5.49. The van der Waals surface area contributed by atoms with E-state index in [4.69, 9.17) is 10.5 Å². The van der Waals surface area contributed by atoms with Crippen LogP contribution in [0.3, 0.4) is 0 Å². The Morgan fingerprint density at radius 1 is 1.50 bits per heavy atom. The maximum Gasteiger partial charge on any atom is 0.127 e. The van der Waals surface area contributed by atoms with Gasteiger partial charge in [0.2, 0.25) is 0 Å². The van der Waals surface area contributed by atoms with Crippen molar-refractivity contribution in [3.63, 3.8) is 0 Å². The molecule has 0 amide bonds. The van der Waals surface area contributed by atoms with E-state index in [2.05, 4.69) is 0 Å². The van der Waals surface area contributed by atoms with Gasteiger partial charge in [0.25, 0.3) is 0 Å². The molecule has 1 heterocycles. The van der Waals surface area contributed by atoms with Crippen LogP contribution in [0.25, 0.3) is 0 Å². The number of anilines is 1. The molecule has 3 N–H and O–H groups in total. The number of nitrogens with two attached hydrogens (primary N) is 1. The lowest BCUT2D eigenvalue weighted by Gasteiger charge is -2.21. The predicted molar refractivity (Wildman–Crippen MR) is 45.9 cm³/mol. The van der Waals surface area contributed by atoms with Crippen molar-refractivity contribution in [2.45, 2.75) is 12.5 Å². The normalized spacial score (nSPS) is 21.2. The molecule has 0 bridgehead atoms. The Labute approximate surface area is 70.8 Å². The zero-order valence-electron chi connectivity index (χ0n) is 6.66. The summed E-state index contributed by atoms with van der Waals surface area (Å²) in [7, 11) is 0. The van der Waals surface area contributed by atoms with Crippen LogP contribution >= 0.6 is 0 Å². The van der Waals surface area contributed by atoms with Gasteiger partial charge in [-0.15, -0.1) is 0 Å². The summed E-state index contributed by atoms with van der Waals surface area (Å²) < 4.78 is 5.33. The van der Waals surface area contributed by atoms with Crippen molar-refractivity contribution in [1.29, 1.82) is 0 Å². The molecule has 1 aromatic carbocycles. The Bertz CT molecular complexity index is 299. The van der Waals surface area contributed by atoms with E-state index in [0.29, 0.717) is 24.5 Å². The molecule has 1 aliphatic rings. The molecular formula is C9H11NO2. The van der Waals surface area contributed by atoms with Crippen LogP contribution in [0.15, 0.2) is 18.2 Å². The highest BCUT2D eigenvalue weighted by Gasteiger charge is 2.18. The number of rotatable bonds is 0. The summed E-state index contributed by atoms with van der Waals surface area (Å²) in [5.74, 6) is 0.716. The Morgan fingerprint density at radius 3 is 3.17 bits per heavy atom. The first kappa shape index (κ1) is 7.43. The van der Waals surface area contributed by atoms with Crippen LogP contribution in [0, 0.1) is 0 Å². The lowest BCUT2D eigenvalue weighted by atomic mass is 10.0. The van der Waals surface area contributed by atoms with E-state index in [1.165, 1.54) is 0 Å². The summed E-state index contributed by atoms with van der Waals surface area (Å²) >= 11 is 0. The van der Waals surface area contributed by atoms with Crippen molar-refractivity contribution < 1.29 is 9.84 Å². The molecule has 12 heavy (non-hydrogen) atoms. The Hall–Kier alpha value is -1.22. The lowest BCUT2D eigenvalue weighted by Crippen LogP contribution is -2.13. The van der Waals surface area contributed by atoms with Gasteiger partial charge in [0.05, 0.1) is 12.7 Å². The van der Waals surface area contributed by atoms with E-state index < -0.39 is 6.10 Å². The van der Waals surface area contributed by atoms with Crippen LogP contribution in [-0.2, 0) is 0 Å². The van der Waals surface area contributed by atoms with Crippen molar-refractivity contribution in [1.82, 2.24) is 0 Å². The van der Waals surface area contributed by atoms with Crippen LogP contribution < -0.4 is 10.5 Å². The molecule has 0 spiro atoms. The summed E-state index contributed by atoms with van der Waals surface area (Å²) in [6.45, 7) is 0.567. The minimum atomic E-state index is -0.394. The fourth-order valence-corrected chi connectivity index (χ4v) is 1.39. The number of aliphatic hydroxyl groups excluding tert-OH is 1. The molecule has 64 valence electrons. The maximum atomic E-state index is 9.53. The van der Waals surface area contributed by atoms with E-state index in [1.54, 1.807) is 12.1 Å². The van der Waals surface area contributed by atoms with Gasteiger partial charge in [-0.1, -0.05) is 6.07 Å². The summed E-state index contributed by atoms with van der Waals surface area (Å²) in [4.78, 5) is 0. The molecule has 0 fully saturated rings. The van der Waals surface area contributed by atoms with Gasteiger partial charge in [0.15, 0.2) is 0 Å². The average molecular weight is 165 g/mol. The highest BCUT2D eigenvalue weighted by Crippen LogP contribution is 2.32.